The molecule has 0 saturated carbocycles. The smallest absolute Gasteiger partial charge is 0.406 e. The first-order valence-electron chi connectivity index (χ1n) is 7.27. The number of carbonyl (C=O) groups excluding carboxylic acids is 1. The van der Waals surface area contributed by atoms with Crippen LogP contribution in [0, 0.1) is 0 Å². The number of hydrogen-bond acceptors (Lipinski definition) is 4. The molecule has 1 aromatic carbocycles. The normalized spacial score (nSPS) is 20.4. The van der Waals surface area contributed by atoms with Gasteiger partial charge in [0.2, 0.25) is 5.91 Å². The molecule has 2 rings (SSSR count). The molecule has 128 valence electrons. The maximum absolute atomic E-state index is 12.3. The summed E-state index contributed by atoms with van der Waals surface area (Å²) in [6.07, 6.45) is -4.52. The third-order valence-corrected chi connectivity index (χ3v) is 3.74. The van der Waals surface area contributed by atoms with E-state index in [1.165, 1.54) is 18.2 Å². The zero-order valence-electron chi connectivity index (χ0n) is 12.4. The van der Waals surface area contributed by atoms with Crippen molar-refractivity contribution in [3.05, 3.63) is 29.8 Å². The van der Waals surface area contributed by atoms with Gasteiger partial charge in [-0.3, -0.25) is 4.79 Å². The number of carbonyl (C=O) groups is 1. The van der Waals surface area contributed by atoms with Crippen molar-refractivity contribution < 1.29 is 27.8 Å². The van der Waals surface area contributed by atoms with Crippen LogP contribution in [0.5, 0.6) is 5.75 Å². The number of benzene rings is 1. The van der Waals surface area contributed by atoms with Crippen molar-refractivity contribution in [3.63, 3.8) is 0 Å². The predicted octanol–water partition coefficient (Wildman–Crippen LogP) is 1.61. The van der Waals surface area contributed by atoms with E-state index in [2.05, 4.69) is 4.74 Å². The van der Waals surface area contributed by atoms with Crippen molar-refractivity contribution >= 4 is 5.91 Å². The van der Waals surface area contributed by atoms with Crippen molar-refractivity contribution in [1.29, 1.82) is 0 Å². The molecular weight excluding hydrogens is 313 g/mol. The maximum atomic E-state index is 12.3. The molecule has 1 aromatic rings. The Hall–Kier alpha value is -1.80. The molecule has 0 spiro atoms. The number of aliphatic hydroxyl groups excluding tert-OH is 1. The van der Waals surface area contributed by atoms with Crippen LogP contribution in [0.3, 0.4) is 0 Å². The summed E-state index contributed by atoms with van der Waals surface area (Å²) in [6.45, 7) is 1.60. The van der Waals surface area contributed by atoms with Gasteiger partial charge in [0.25, 0.3) is 0 Å². The third kappa shape index (κ3) is 5.72. The van der Waals surface area contributed by atoms with Gasteiger partial charge >= 0.3 is 6.36 Å². The Balaban J connectivity index is 2.14. The quantitative estimate of drug-likeness (QED) is 0.830. The van der Waals surface area contributed by atoms with E-state index in [9.17, 15) is 23.1 Å². The van der Waals surface area contributed by atoms with Crippen LogP contribution in [0.1, 0.15) is 24.3 Å². The minimum atomic E-state index is -4.77. The predicted molar refractivity (Wildman–Crippen MR) is 76.7 cm³/mol. The molecule has 1 aliphatic heterocycles. The van der Waals surface area contributed by atoms with Crippen LogP contribution in [0.2, 0.25) is 0 Å². The SMILES string of the molecule is NC(=O)C[C@H](CN1CC[C@H](O)C1)c1cccc(OC(F)(F)F)c1. The largest absolute Gasteiger partial charge is 0.573 e. The first-order chi connectivity index (χ1) is 10.7. The number of halogens is 3. The van der Waals surface area contributed by atoms with Crippen molar-refractivity contribution in [3.8, 4) is 5.75 Å². The molecule has 23 heavy (non-hydrogen) atoms. The highest BCUT2D eigenvalue weighted by molar-refractivity contribution is 5.74. The van der Waals surface area contributed by atoms with Gasteiger partial charge in [0.05, 0.1) is 6.10 Å². The molecule has 3 N–H and O–H groups in total. The summed E-state index contributed by atoms with van der Waals surface area (Å²) in [5.74, 6) is -1.21. The molecule has 1 heterocycles. The number of aliphatic hydroxyl groups is 1. The third-order valence-electron chi connectivity index (χ3n) is 3.74. The number of ether oxygens (including phenoxy) is 1. The molecule has 1 fully saturated rings. The Kier molecular flexibility index (Phi) is 5.48. The number of likely N-dealkylation sites (tertiary alicyclic amines) is 1. The molecule has 0 unspecified atom stereocenters. The second kappa shape index (κ2) is 7.18. The summed E-state index contributed by atoms with van der Waals surface area (Å²) < 4.78 is 40.9. The van der Waals surface area contributed by atoms with E-state index in [-0.39, 0.29) is 18.1 Å². The lowest BCUT2D eigenvalue weighted by Gasteiger charge is -2.23. The molecule has 0 aliphatic carbocycles. The number of rotatable bonds is 6. The van der Waals surface area contributed by atoms with Crippen LogP contribution >= 0.6 is 0 Å². The monoisotopic (exact) mass is 332 g/mol. The highest BCUT2D eigenvalue weighted by atomic mass is 19.4. The number of hydrogen-bond donors (Lipinski definition) is 2. The number of nitrogens with two attached hydrogens (primary N) is 1. The lowest BCUT2D eigenvalue weighted by Crippen LogP contribution is -2.30. The zero-order chi connectivity index (χ0) is 17.0. The van der Waals surface area contributed by atoms with E-state index >= 15 is 0 Å². The average Bonchev–Trinajstić information content (AvgIpc) is 2.81. The molecular formula is C15H19F3N2O3. The first kappa shape index (κ1) is 17.6. The van der Waals surface area contributed by atoms with Gasteiger partial charge in [-0.15, -0.1) is 13.2 Å². The van der Waals surface area contributed by atoms with E-state index in [1.54, 1.807) is 6.07 Å². The lowest BCUT2D eigenvalue weighted by molar-refractivity contribution is -0.274. The topological polar surface area (TPSA) is 75.8 Å². The summed E-state index contributed by atoms with van der Waals surface area (Å²) >= 11 is 0. The van der Waals surface area contributed by atoms with Gasteiger partial charge < -0.3 is 20.5 Å². The lowest BCUT2D eigenvalue weighted by atomic mass is 9.94. The van der Waals surface area contributed by atoms with E-state index in [1.807, 2.05) is 4.90 Å². The van der Waals surface area contributed by atoms with E-state index in [0.29, 0.717) is 31.6 Å². The van der Waals surface area contributed by atoms with Gasteiger partial charge in [0.1, 0.15) is 5.75 Å². The molecule has 2 atom stereocenters. The summed E-state index contributed by atoms with van der Waals surface area (Å²) in [6, 6.07) is 5.57. The molecule has 1 aliphatic rings. The maximum Gasteiger partial charge on any atom is 0.573 e. The van der Waals surface area contributed by atoms with Gasteiger partial charge in [-0.05, 0) is 24.1 Å². The van der Waals surface area contributed by atoms with Crippen molar-refractivity contribution in [2.24, 2.45) is 5.73 Å². The van der Waals surface area contributed by atoms with Crippen molar-refractivity contribution in [2.75, 3.05) is 19.6 Å². The Morgan fingerprint density at radius 3 is 2.78 bits per heavy atom. The summed E-state index contributed by atoms with van der Waals surface area (Å²) in [5, 5.41) is 9.56. The van der Waals surface area contributed by atoms with Gasteiger partial charge in [0, 0.05) is 32.0 Å². The summed E-state index contributed by atoms with van der Waals surface area (Å²) in [7, 11) is 0. The zero-order valence-corrected chi connectivity index (χ0v) is 12.4. The Morgan fingerprint density at radius 1 is 1.48 bits per heavy atom. The fraction of sp³-hybridized carbons (Fsp3) is 0.533. The van der Waals surface area contributed by atoms with Gasteiger partial charge in [-0.2, -0.15) is 0 Å². The second-order valence-electron chi connectivity index (χ2n) is 5.69. The number of amides is 1. The first-order valence-corrected chi connectivity index (χ1v) is 7.27. The fourth-order valence-electron chi connectivity index (χ4n) is 2.79. The standard InChI is InChI=1S/C15H19F3N2O3/c16-15(17,18)23-13-3-1-2-10(6-13)11(7-14(19)22)8-20-5-4-12(21)9-20/h1-3,6,11-12,21H,4-5,7-9H2,(H2,19,22)/t11-,12+/m1/s1. The highest BCUT2D eigenvalue weighted by Crippen LogP contribution is 2.29. The molecule has 1 saturated heterocycles. The van der Waals surface area contributed by atoms with Crippen LogP contribution in [0.15, 0.2) is 24.3 Å². The molecule has 0 bridgehead atoms. The Bertz CT molecular complexity index is 551. The minimum Gasteiger partial charge on any atom is -0.406 e. The average molecular weight is 332 g/mol. The van der Waals surface area contributed by atoms with Gasteiger partial charge in [-0.25, -0.2) is 0 Å². The molecule has 8 heteroatoms. The van der Waals surface area contributed by atoms with E-state index in [0.717, 1.165) is 0 Å². The van der Waals surface area contributed by atoms with Gasteiger partial charge in [-0.1, -0.05) is 12.1 Å². The summed E-state index contributed by atoms with van der Waals surface area (Å²) in [5.41, 5.74) is 5.80. The number of nitrogens with zero attached hydrogens (tertiary/aromatic N) is 1. The molecule has 5 nitrogen and oxygen atoms in total. The Labute approximate surface area is 131 Å². The second-order valence-corrected chi connectivity index (χ2v) is 5.69. The van der Waals surface area contributed by atoms with Crippen LogP contribution in [0.4, 0.5) is 13.2 Å². The van der Waals surface area contributed by atoms with Crippen LogP contribution in [0.25, 0.3) is 0 Å². The highest BCUT2D eigenvalue weighted by Gasteiger charge is 2.31. The molecule has 0 aromatic heterocycles. The van der Waals surface area contributed by atoms with Crippen LogP contribution in [-0.2, 0) is 4.79 Å². The fourth-order valence-corrected chi connectivity index (χ4v) is 2.79. The molecule has 1 amide bonds. The van der Waals surface area contributed by atoms with Gasteiger partial charge in [0.15, 0.2) is 0 Å². The summed E-state index contributed by atoms with van der Waals surface area (Å²) in [4.78, 5) is 13.2. The minimum absolute atomic E-state index is 0.0159. The van der Waals surface area contributed by atoms with E-state index < -0.39 is 18.4 Å². The van der Waals surface area contributed by atoms with Crippen molar-refractivity contribution in [1.82, 2.24) is 4.90 Å². The van der Waals surface area contributed by atoms with Crippen LogP contribution < -0.4 is 10.5 Å². The van der Waals surface area contributed by atoms with Crippen molar-refractivity contribution in [2.45, 2.75) is 31.2 Å². The van der Waals surface area contributed by atoms with E-state index in [4.69, 9.17) is 5.73 Å². The number of primary amides is 1. The van der Waals surface area contributed by atoms with Crippen LogP contribution in [-0.4, -0.2) is 48.0 Å². The Morgan fingerprint density at radius 2 is 2.22 bits per heavy atom. The molecule has 0 radical (unpaired) electrons. The number of β-amino-alcohol motifs (C(OH)–C–C–N with tert-alkyl or cyclic N) is 1. The number of alkyl halides is 3.